The van der Waals surface area contributed by atoms with Crippen LogP contribution in [-0.4, -0.2) is 17.1 Å². The average Bonchev–Trinajstić information content (AvgIpc) is 2.47. The van der Waals surface area contributed by atoms with E-state index in [2.05, 4.69) is 15.3 Å². The first kappa shape index (κ1) is 7.49. The van der Waals surface area contributed by atoms with E-state index in [1.54, 1.807) is 24.6 Å². The van der Waals surface area contributed by atoms with Crippen molar-refractivity contribution in [2.24, 2.45) is 0 Å². The predicted octanol–water partition coefficient (Wildman–Crippen LogP) is 2.01. The Morgan fingerprint density at radius 1 is 1.50 bits per heavy atom. The Morgan fingerprint density at radius 2 is 2.33 bits per heavy atom. The molecule has 2 rings (SSSR count). The van der Waals surface area contributed by atoms with E-state index in [0.29, 0.717) is 6.01 Å². The van der Waals surface area contributed by atoms with Gasteiger partial charge in [-0.15, -0.1) is 11.3 Å². The largest absolute Gasteiger partial charge is 0.467 e. The first-order chi connectivity index (χ1) is 5.81. The summed E-state index contributed by atoms with van der Waals surface area (Å²) in [5.41, 5.74) is 2.17. The summed E-state index contributed by atoms with van der Waals surface area (Å²) in [5.74, 6) is 0. The number of fused-ring (bicyclic) bond motifs is 1. The van der Waals surface area contributed by atoms with Gasteiger partial charge in [0.2, 0.25) is 0 Å². The van der Waals surface area contributed by atoms with Gasteiger partial charge in [0.05, 0.1) is 23.5 Å². The molecule has 0 aliphatic carbocycles. The molecule has 4 heteroatoms. The minimum Gasteiger partial charge on any atom is -0.467 e. The van der Waals surface area contributed by atoms with E-state index in [0.717, 1.165) is 10.2 Å². The van der Waals surface area contributed by atoms with E-state index < -0.39 is 0 Å². The summed E-state index contributed by atoms with van der Waals surface area (Å²) in [4.78, 5) is 8.25. The van der Waals surface area contributed by atoms with Crippen LogP contribution >= 0.6 is 11.3 Å². The van der Waals surface area contributed by atoms with Crippen molar-refractivity contribution >= 4 is 21.6 Å². The Hall–Kier alpha value is -1.16. The van der Waals surface area contributed by atoms with Gasteiger partial charge in [-0.25, -0.2) is 4.98 Å². The number of nitrogens with zero attached hydrogens (tertiary/aromatic N) is 2. The molecule has 3 nitrogen and oxygen atoms in total. The Balaban J connectivity index is 2.71. The van der Waals surface area contributed by atoms with E-state index >= 15 is 0 Å². The maximum Gasteiger partial charge on any atom is 0.316 e. The monoisotopic (exact) mass is 180 g/mol. The van der Waals surface area contributed by atoms with Crippen LogP contribution in [0.25, 0.3) is 10.2 Å². The minimum atomic E-state index is 0.434. The van der Waals surface area contributed by atoms with Gasteiger partial charge in [-0.3, -0.25) is 0 Å². The summed E-state index contributed by atoms with van der Waals surface area (Å²) in [6.45, 7) is 2.03. The molecule has 62 valence electrons. The third kappa shape index (κ3) is 1.04. The van der Waals surface area contributed by atoms with Crippen LogP contribution in [0.15, 0.2) is 11.6 Å². The highest BCUT2D eigenvalue weighted by Crippen LogP contribution is 2.23. The molecule has 0 saturated heterocycles. The summed E-state index contributed by atoms with van der Waals surface area (Å²) in [7, 11) is 1.57. The fourth-order valence-corrected chi connectivity index (χ4v) is 1.88. The fourth-order valence-electron chi connectivity index (χ4n) is 1.03. The zero-order chi connectivity index (χ0) is 8.55. The first-order valence-electron chi connectivity index (χ1n) is 3.56. The lowest BCUT2D eigenvalue weighted by molar-refractivity contribution is 0.382. The molecule has 12 heavy (non-hydrogen) atoms. The van der Waals surface area contributed by atoms with Crippen molar-refractivity contribution in [3.05, 3.63) is 17.1 Å². The molecule has 2 aromatic rings. The van der Waals surface area contributed by atoms with Crippen LogP contribution in [0, 0.1) is 6.92 Å². The van der Waals surface area contributed by atoms with E-state index in [1.807, 2.05) is 6.92 Å². The lowest BCUT2D eigenvalue weighted by atomic mass is 10.3. The van der Waals surface area contributed by atoms with E-state index in [-0.39, 0.29) is 0 Å². The molecular weight excluding hydrogens is 172 g/mol. The van der Waals surface area contributed by atoms with Crippen LogP contribution in [0.1, 0.15) is 5.56 Å². The van der Waals surface area contributed by atoms with E-state index in [1.165, 1.54) is 5.56 Å². The van der Waals surface area contributed by atoms with Crippen molar-refractivity contribution < 1.29 is 4.74 Å². The van der Waals surface area contributed by atoms with Crippen molar-refractivity contribution in [3.63, 3.8) is 0 Å². The average molecular weight is 180 g/mol. The van der Waals surface area contributed by atoms with Crippen LogP contribution in [0.5, 0.6) is 6.01 Å². The molecule has 0 unspecified atom stereocenters. The summed E-state index contributed by atoms with van der Waals surface area (Å²) in [6.07, 6.45) is 1.79. The summed E-state index contributed by atoms with van der Waals surface area (Å²) >= 11 is 1.65. The topological polar surface area (TPSA) is 35.0 Å². The third-order valence-electron chi connectivity index (χ3n) is 1.65. The quantitative estimate of drug-likeness (QED) is 0.673. The summed E-state index contributed by atoms with van der Waals surface area (Å²) in [5, 5.41) is 2.07. The SMILES string of the molecule is COc1ncc2scc(C)c2n1. The molecule has 0 aliphatic rings. The van der Waals surface area contributed by atoms with Crippen LogP contribution in [-0.2, 0) is 0 Å². The maximum atomic E-state index is 4.93. The number of hydrogen-bond donors (Lipinski definition) is 0. The van der Waals surface area contributed by atoms with Crippen molar-refractivity contribution in [3.8, 4) is 6.01 Å². The van der Waals surface area contributed by atoms with Gasteiger partial charge < -0.3 is 4.74 Å². The highest BCUT2D eigenvalue weighted by atomic mass is 32.1. The van der Waals surface area contributed by atoms with E-state index in [4.69, 9.17) is 4.74 Å². The number of ether oxygens (including phenoxy) is 1. The molecule has 0 bridgehead atoms. The van der Waals surface area contributed by atoms with Gasteiger partial charge in [0.25, 0.3) is 0 Å². The van der Waals surface area contributed by atoms with Crippen LogP contribution < -0.4 is 4.74 Å². The number of aryl methyl sites for hydroxylation is 1. The molecular formula is C8H8N2OS. The highest BCUT2D eigenvalue weighted by molar-refractivity contribution is 7.17. The normalized spacial score (nSPS) is 10.5. The Kier molecular flexibility index (Phi) is 1.69. The standard InChI is InChI=1S/C8H8N2OS/c1-5-4-12-6-3-9-8(11-2)10-7(5)6/h3-4H,1-2H3. The molecule has 2 heterocycles. The van der Waals surface area contributed by atoms with Crippen molar-refractivity contribution in [2.75, 3.05) is 7.11 Å². The van der Waals surface area contributed by atoms with Gasteiger partial charge >= 0.3 is 6.01 Å². The molecule has 0 aromatic carbocycles. The number of thiophene rings is 1. The second-order valence-electron chi connectivity index (χ2n) is 2.49. The maximum absolute atomic E-state index is 4.93. The second kappa shape index (κ2) is 2.71. The summed E-state index contributed by atoms with van der Waals surface area (Å²) in [6, 6.07) is 0.434. The first-order valence-corrected chi connectivity index (χ1v) is 4.44. The molecule has 0 fully saturated rings. The fraction of sp³-hybridized carbons (Fsp3) is 0.250. The van der Waals surface area contributed by atoms with Gasteiger partial charge in [-0.05, 0) is 17.9 Å². The van der Waals surface area contributed by atoms with Gasteiger partial charge in [0.15, 0.2) is 0 Å². The second-order valence-corrected chi connectivity index (χ2v) is 3.40. The van der Waals surface area contributed by atoms with Gasteiger partial charge in [0.1, 0.15) is 0 Å². The lowest BCUT2D eigenvalue weighted by Crippen LogP contribution is -1.90. The third-order valence-corrected chi connectivity index (χ3v) is 2.68. The van der Waals surface area contributed by atoms with E-state index in [9.17, 15) is 0 Å². The molecule has 0 aliphatic heterocycles. The van der Waals surface area contributed by atoms with Crippen LogP contribution in [0.3, 0.4) is 0 Å². The zero-order valence-electron chi connectivity index (χ0n) is 6.87. The number of methoxy groups -OCH3 is 1. The zero-order valence-corrected chi connectivity index (χ0v) is 7.68. The Labute approximate surface area is 74.0 Å². The van der Waals surface area contributed by atoms with Crippen LogP contribution in [0.2, 0.25) is 0 Å². The molecule has 0 saturated carbocycles. The summed E-state index contributed by atoms with van der Waals surface area (Å²) < 4.78 is 6.03. The Morgan fingerprint density at radius 3 is 3.08 bits per heavy atom. The van der Waals surface area contributed by atoms with Crippen molar-refractivity contribution in [2.45, 2.75) is 6.92 Å². The molecule has 2 aromatic heterocycles. The van der Waals surface area contributed by atoms with Gasteiger partial charge in [0, 0.05) is 0 Å². The highest BCUT2D eigenvalue weighted by Gasteiger charge is 2.03. The molecule has 0 spiro atoms. The van der Waals surface area contributed by atoms with Crippen molar-refractivity contribution in [1.82, 2.24) is 9.97 Å². The molecule has 0 atom stereocenters. The molecule has 0 amide bonds. The van der Waals surface area contributed by atoms with Crippen molar-refractivity contribution in [1.29, 1.82) is 0 Å². The number of hydrogen-bond acceptors (Lipinski definition) is 4. The number of aromatic nitrogens is 2. The lowest BCUT2D eigenvalue weighted by Gasteiger charge is -1.95. The molecule has 0 radical (unpaired) electrons. The minimum absolute atomic E-state index is 0.434. The Bertz CT molecular complexity index is 410. The number of rotatable bonds is 1. The van der Waals surface area contributed by atoms with Gasteiger partial charge in [-0.2, -0.15) is 4.98 Å². The van der Waals surface area contributed by atoms with Gasteiger partial charge in [-0.1, -0.05) is 0 Å². The molecule has 0 N–H and O–H groups in total. The predicted molar refractivity (Wildman–Crippen MR) is 48.7 cm³/mol. The van der Waals surface area contributed by atoms with Crippen LogP contribution in [0.4, 0.5) is 0 Å². The smallest absolute Gasteiger partial charge is 0.316 e.